The van der Waals surface area contributed by atoms with Crippen LogP contribution in [-0.2, 0) is 26.5 Å². The Morgan fingerprint density at radius 2 is 1.67 bits per heavy atom. The number of nitrogens with zero attached hydrogens (tertiary/aromatic N) is 4. The maximum absolute atomic E-state index is 14.1. The maximum Gasteiger partial charge on any atom is 0.264 e. The lowest BCUT2D eigenvalue weighted by molar-refractivity contribution is -0.139. The highest BCUT2D eigenvalue weighted by molar-refractivity contribution is 6.07. The number of benzene rings is 3. The van der Waals surface area contributed by atoms with Gasteiger partial charge in [-0.3, -0.25) is 19.3 Å². The Morgan fingerprint density at radius 3 is 2.41 bits per heavy atom. The number of carbonyl (C=O) groups is 3. The number of anilines is 3. The molecule has 7 rings (SSSR count). The smallest absolute Gasteiger partial charge is 0.264 e. The molecule has 4 aliphatic rings. The van der Waals surface area contributed by atoms with E-state index in [1.165, 1.54) is 0 Å². The van der Waals surface area contributed by atoms with Gasteiger partial charge in [0.1, 0.15) is 5.54 Å². The van der Waals surface area contributed by atoms with Crippen molar-refractivity contribution in [3.63, 3.8) is 0 Å². The van der Waals surface area contributed by atoms with E-state index in [2.05, 4.69) is 22.3 Å². The minimum atomic E-state index is -1.79. The number of hydrogen-bond acceptors (Lipinski definition) is 7. The van der Waals surface area contributed by atoms with E-state index in [1.807, 2.05) is 65.6 Å². The Bertz CT molecular complexity index is 1720. The average Bonchev–Trinajstić information content (AvgIpc) is 3.79. The molecular formula is C39H45N5O5. The van der Waals surface area contributed by atoms with Gasteiger partial charge in [-0.05, 0) is 74.7 Å². The van der Waals surface area contributed by atoms with Gasteiger partial charge in [-0.15, -0.1) is 0 Å². The van der Waals surface area contributed by atoms with E-state index in [1.54, 1.807) is 34.9 Å². The van der Waals surface area contributed by atoms with E-state index >= 15 is 0 Å². The second kappa shape index (κ2) is 13.4. The van der Waals surface area contributed by atoms with Crippen molar-refractivity contribution in [2.45, 2.75) is 62.8 Å². The van der Waals surface area contributed by atoms with Gasteiger partial charge in [0, 0.05) is 35.8 Å². The van der Waals surface area contributed by atoms with Crippen molar-refractivity contribution in [3.05, 3.63) is 102 Å². The zero-order valence-corrected chi connectivity index (χ0v) is 28.0. The summed E-state index contributed by atoms with van der Waals surface area (Å²) in [6.07, 6.45) is 6.76. The van der Waals surface area contributed by atoms with Crippen LogP contribution in [0.3, 0.4) is 0 Å². The molecule has 0 saturated carbocycles. The third-order valence-electron chi connectivity index (χ3n) is 11.0. The van der Waals surface area contributed by atoms with Gasteiger partial charge >= 0.3 is 0 Å². The Kier molecular flexibility index (Phi) is 9.04. The molecule has 3 amide bonds. The van der Waals surface area contributed by atoms with Crippen molar-refractivity contribution in [3.8, 4) is 0 Å². The van der Waals surface area contributed by atoms with Gasteiger partial charge in [-0.25, -0.2) is 0 Å². The van der Waals surface area contributed by atoms with Crippen LogP contribution in [0.25, 0.3) is 0 Å². The molecule has 0 aliphatic carbocycles. The van der Waals surface area contributed by atoms with Crippen molar-refractivity contribution in [1.82, 2.24) is 10.2 Å². The molecule has 3 aromatic rings. The zero-order valence-electron chi connectivity index (χ0n) is 28.0. The molecule has 10 heteroatoms. The first-order chi connectivity index (χ1) is 23.8. The lowest BCUT2D eigenvalue weighted by atomic mass is 9.83. The summed E-state index contributed by atoms with van der Waals surface area (Å²) in [6.45, 7) is 4.68. The van der Waals surface area contributed by atoms with Crippen molar-refractivity contribution in [2.75, 3.05) is 47.6 Å². The van der Waals surface area contributed by atoms with Crippen LogP contribution in [0.2, 0.25) is 0 Å². The lowest BCUT2D eigenvalue weighted by Crippen LogP contribution is -2.55. The fraction of sp³-hybridized carbons (Fsp3) is 0.410. The monoisotopic (exact) mass is 663 g/mol. The first-order valence-electron chi connectivity index (χ1n) is 17.4. The number of hydrogen-bond donors (Lipinski definition) is 3. The van der Waals surface area contributed by atoms with E-state index < -0.39 is 23.0 Å². The van der Waals surface area contributed by atoms with Gasteiger partial charge in [0.15, 0.2) is 5.60 Å². The second-order valence-electron chi connectivity index (χ2n) is 13.7. The highest BCUT2D eigenvalue weighted by Crippen LogP contribution is 2.46. The standard InChI is InChI=1S/C39H45N5O5/c1-28(9-7-15-35(46)41-24-8-12-32(41)26-45)39(49)33-13-5-6-14-34(33)42(37(39)48)25-29-16-18-30(19-17-29)43-27-44(31-10-3-2-4-11-31)38(36(43)47)20-22-40-23-21-38/h2-7,9-11,13-14,16-19,28,32,40,45,49H,8,12,15,20-27H2,1H3/b9-7+/t28-,32-,39+/m0/s1. The van der Waals surface area contributed by atoms with E-state index in [-0.39, 0.29) is 37.4 Å². The molecule has 3 N–H and O–H groups in total. The molecule has 3 saturated heterocycles. The van der Waals surface area contributed by atoms with E-state index in [4.69, 9.17) is 0 Å². The number of fused-ring (bicyclic) bond motifs is 1. The molecule has 3 aromatic carbocycles. The number of aliphatic hydroxyl groups is 2. The number of piperidine rings is 1. The molecule has 256 valence electrons. The predicted molar refractivity (Wildman–Crippen MR) is 189 cm³/mol. The molecule has 0 unspecified atom stereocenters. The molecule has 0 radical (unpaired) electrons. The lowest BCUT2D eigenvalue weighted by Gasteiger charge is -2.39. The van der Waals surface area contributed by atoms with Gasteiger partial charge in [0.25, 0.3) is 11.8 Å². The third kappa shape index (κ3) is 5.71. The topological polar surface area (TPSA) is 117 Å². The summed E-state index contributed by atoms with van der Waals surface area (Å²) in [7, 11) is 0. The first kappa shape index (κ1) is 33.0. The maximum atomic E-state index is 14.1. The van der Waals surface area contributed by atoms with Crippen LogP contribution in [0.1, 0.15) is 50.2 Å². The molecule has 3 fully saturated rings. The number of likely N-dealkylation sites (tertiary alicyclic amines) is 1. The Hall–Kier alpha value is -4.51. The van der Waals surface area contributed by atoms with Crippen molar-refractivity contribution in [2.24, 2.45) is 5.92 Å². The first-order valence-corrected chi connectivity index (χ1v) is 17.4. The summed E-state index contributed by atoms with van der Waals surface area (Å²) < 4.78 is 0. The molecule has 10 nitrogen and oxygen atoms in total. The minimum Gasteiger partial charge on any atom is -0.394 e. The summed E-state index contributed by atoms with van der Waals surface area (Å²) >= 11 is 0. The normalized spacial score (nSPS) is 24.0. The van der Waals surface area contributed by atoms with Crippen LogP contribution in [-0.4, -0.2) is 77.3 Å². The molecule has 3 atom stereocenters. The number of aliphatic hydroxyl groups excluding tert-OH is 1. The highest BCUT2D eigenvalue weighted by Gasteiger charge is 2.54. The molecule has 0 aromatic heterocycles. The van der Waals surface area contributed by atoms with Gasteiger partial charge in [0.2, 0.25) is 5.91 Å². The molecule has 0 bridgehead atoms. The average molecular weight is 664 g/mol. The van der Waals surface area contributed by atoms with Crippen molar-refractivity contribution >= 4 is 34.8 Å². The summed E-state index contributed by atoms with van der Waals surface area (Å²) in [6, 6.07) is 25.1. The molecule has 49 heavy (non-hydrogen) atoms. The fourth-order valence-electron chi connectivity index (χ4n) is 8.17. The summed E-state index contributed by atoms with van der Waals surface area (Å²) in [5.74, 6) is -0.965. The summed E-state index contributed by atoms with van der Waals surface area (Å²) in [5.41, 5.74) is 1.53. The molecular weight excluding hydrogens is 618 g/mol. The van der Waals surface area contributed by atoms with Gasteiger partial charge < -0.3 is 30.2 Å². The van der Waals surface area contributed by atoms with Crippen LogP contribution in [0.4, 0.5) is 17.1 Å². The Morgan fingerprint density at radius 1 is 0.959 bits per heavy atom. The van der Waals surface area contributed by atoms with E-state index in [0.29, 0.717) is 24.5 Å². The van der Waals surface area contributed by atoms with E-state index in [0.717, 1.165) is 55.7 Å². The fourth-order valence-corrected chi connectivity index (χ4v) is 8.17. The van der Waals surface area contributed by atoms with Crippen LogP contribution in [0, 0.1) is 5.92 Å². The number of amides is 3. The summed E-state index contributed by atoms with van der Waals surface area (Å²) in [4.78, 5) is 48.4. The number of rotatable bonds is 9. The van der Waals surface area contributed by atoms with E-state index in [9.17, 15) is 24.6 Å². The number of nitrogens with one attached hydrogen (secondary N) is 1. The quantitative estimate of drug-likeness (QED) is 0.298. The predicted octanol–water partition coefficient (Wildman–Crippen LogP) is 3.92. The van der Waals surface area contributed by atoms with Gasteiger partial charge in [0.05, 0.1) is 31.5 Å². The largest absolute Gasteiger partial charge is 0.394 e. The highest BCUT2D eigenvalue weighted by atomic mass is 16.3. The number of para-hydroxylation sites is 2. The molecule has 1 spiro atoms. The van der Waals surface area contributed by atoms with Crippen molar-refractivity contribution in [1.29, 1.82) is 0 Å². The SMILES string of the molecule is C[C@@H](/C=C/CC(=O)N1CCC[C@H]1CO)[C@]1(O)C(=O)N(Cc2ccc(N3CN(c4ccccc4)C4(CCNCC4)C3=O)cc2)c2ccccc21. The Labute approximate surface area is 287 Å². The van der Waals surface area contributed by atoms with Gasteiger partial charge in [-0.2, -0.15) is 0 Å². The minimum absolute atomic E-state index is 0.0443. The van der Waals surface area contributed by atoms with Gasteiger partial charge in [-0.1, -0.05) is 67.6 Å². The summed E-state index contributed by atoms with van der Waals surface area (Å²) in [5, 5.41) is 25.0. The van der Waals surface area contributed by atoms with Crippen LogP contribution in [0.5, 0.6) is 0 Å². The second-order valence-corrected chi connectivity index (χ2v) is 13.7. The van der Waals surface area contributed by atoms with Crippen molar-refractivity contribution < 1.29 is 24.6 Å². The molecule has 4 aliphatic heterocycles. The van der Waals surface area contributed by atoms with Crippen LogP contribution in [0.15, 0.2) is 91.0 Å². The zero-order chi connectivity index (χ0) is 34.2. The Balaban J connectivity index is 1.07. The third-order valence-corrected chi connectivity index (χ3v) is 11.0. The molecule has 4 heterocycles. The number of carbonyl (C=O) groups excluding carboxylic acids is 3. The van der Waals surface area contributed by atoms with Crippen LogP contribution < -0.4 is 20.0 Å². The van der Waals surface area contributed by atoms with Crippen LogP contribution >= 0.6 is 0 Å².